The second kappa shape index (κ2) is 5.76. The van der Waals surface area contributed by atoms with Crippen molar-refractivity contribution in [1.29, 1.82) is 0 Å². The summed E-state index contributed by atoms with van der Waals surface area (Å²) in [5, 5.41) is 8.60. The van der Waals surface area contributed by atoms with E-state index in [-0.39, 0.29) is 5.78 Å². The van der Waals surface area contributed by atoms with Crippen molar-refractivity contribution in [3.8, 4) is 0 Å². The molecule has 19 heavy (non-hydrogen) atoms. The molecule has 2 rings (SSSR count). The summed E-state index contributed by atoms with van der Waals surface area (Å²) in [6, 6.07) is 7.23. The van der Waals surface area contributed by atoms with Gasteiger partial charge in [-0.15, -0.1) is 5.11 Å². The van der Waals surface area contributed by atoms with Crippen LogP contribution in [-0.2, 0) is 4.79 Å². The van der Waals surface area contributed by atoms with Gasteiger partial charge in [-0.25, -0.2) is 0 Å². The second-order valence-corrected chi connectivity index (χ2v) is 4.69. The third kappa shape index (κ3) is 3.26. The lowest BCUT2D eigenvalue weighted by atomic mass is 9.96. The van der Waals surface area contributed by atoms with Crippen molar-refractivity contribution < 1.29 is 4.79 Å². The van der Waals surface area contributed by atoms with Gasteiger partial charge in [0, 0.05) is 0 Å². The maximum absolute atomic E-state index is 11.6. The Kier molecular flexibility index (Phi) is 4.07. The Hall–Kier alpha value is -2.00. The van der Waals surface area contributed by atoms with Crippen molar-refractivity contribution in [2.75, 3.05) is 0 Å². The third-order valence-corrected chi connectivity index (χ3v) is 3.03. The molecule has 1 aromatic rings. The summed E-state index contributed by atoms with van der Waals surface area (Å²) < 4.78 is 0. The SMILES string of the molecule is CC1=CC(=CN=Nc2ccccc2Cl)C=C(C)C1=O. The highest BCUT2D eigenvalue weighted by Crippen LogP contribution is 2.24. The van der Waals surface area contributed by atoms with Gasteiger partial charge < -0.3 is 0 Å². The molecule has 0 unspecified atom stereocenters. The molecule has 0 atom stereocenters. The summed E-state index contributed by atoms with van der Waals surface area (Å²) in [5.74, 6) is 0.0696. The van der Waals surface area contributed by atoms with Gasteiger partial charge in [0.1, 0.15) is 5.69 Å². The maximum Gasteiger partial charge on any atom is 0.184 e. The highest BCUT2D eigenvalue weighted by molar-refractivity contribution is 6.32. The number of carbonyl (C=O) groups is 1. The van der Waals surface area contributed by atoms with Crippen LogP contribution in [0.2, 0.25) is 5.02 Å². The fourth-order valence-electron chi connectivity index (χ4n) is 1.75. The molecule has 96 valence electrons. The number of azo groups is 1. The zero-order valence-electron chi connectivity index (χ0n) is 10.7. The maximum atomic E-state index is 11.6. The van der Waals surface area contributed by atoms with E-state index in [9.17, 15) is 4.79 Å². The summed E-state index contributed by atoms with van der Waals surface area (Å²) in [5.41, 5.74) is 2.89. The molecule has 0 saturated carbocycles. The number of benzene rings is 1. The molecule has 1 aliphatic carbocycles. The second-order valence-electron chi connectivity index (χ2n) is 4.28. The van der Waals surface area contributed by atoms with Crippen molar-refractivity contribution in [1.82, 2.24) is 0 Å². The standard InChI is InChI=1S/C15H13ClN2O/c1-10-7-12(8-11(2)15(10)19)9-17-18-14-6-4-3-5-13(14)16/h3-9H,1-2H3. The van der Waals surface area contributed by atoms with E-state index in [1.165, 1.54) is 0 Å². The number of carbonyl (C=O) groups excluding carboxylic acids is 1. The van der Waals surface area contributed by atoms with E-state index in [4.69, 9.17) is 11.6 Å². The molecule has 0 aliphatic heterocycles. The van der Waals surface area contributed by atoms with E-state index in [0.717, 1.165) is 5.57 Å². The quantitative estimate of drug-likeness (QED) is 0.714. The smallest absolute Gasteiger partial charge is 0.184 e. The molecule has 3 nitrogen and oxygen atoms in total. The Balaban J connectivity index is 2.20. The van der Waals surface area contributed by atoms with E-state index >= 15 is 0 Å². The molecule has 0 fully saturated rings. The number of rotatable bonds is 2. The van der Waals surface area contributed by atoms with Crippen LogP contribution in [0.1, 0.15) is 13.8 Å². The third-order valence-electron chi connectivity index (χ3n) is 2.71. The highest BCUT2D eigenvalue weighted by atomic mass is 35.5. The summed E-state index contributed by atoms with van der Waals surface area (Å²) in [7, 11) is 0. The molecule has 4 heteroatoms. The Morgan fingerprint density at radius 2 is 1.74 bits per heavy atom. The van der Waals surface area contributed by atoms with Gasteiger partial charge in [-0.3, -0.25) is 4.79 Å². The topological polar surface area (TPSA) is 41.8 Å². The van der Waals surface area contributed by atoms with Gasteiger partial charge >= 0.3 is 0 Å². The average Bonchev–Trinajstić information content (AvgIpc) is 2.38. The minimum absolute atomic E-state index is 0.0696. The Bertz CT molecular complexity index is 615. The molecule has 1 aromatic carbocycles. The fraction of sp³-hybridized carbons (Fsp3) is 0.133. The number of allylic oxidation sites excluding steroid dienone is 5. The van der Waals surface area contributed by atoms with Crippen LogP contribution >= 0.6 is 11.6 Å². The predicted octanol–water partition coefficient (Wildman–Crippen LogP) is 4.78. The first-order valence-corrected chi connectivity index (χ1v) is 6.22. The average molecular weight is 273 g/mol. The van der Waals surface area contributed by atoms with Crippen LogP contribution in [0.4, 0.5) is 5.69 Å². The van der Waals surface area contributed by atoms with Crippen LogP contribution in [0.25, 0.3) is 0 Å². The molecular formula is C15H13ClN2O. The van der Waals surface area contributed by atoms with Crippen molar-refractivity contribution >= 4 is 23.1 Å². The molecule has 0 heterocycles. The van der Waals surface area contributed by atoms with Gasteiger partial charge in [0.05, 0.1) is 11.2 Å². The number of Topliss-reactive ketones (excluding diaryl/α,β-unsaturated/α-hetero) is 1. The molecule has 0 N–H and O–H groups in total. The van der Waals surface area contributed by atoms with Crippen LogP contribution in [-0.4, -0.2) is 5.78 Å². The van der Waals surface area contributed by atoms with Crippen molar-refractivity contribution in [3.63, 3.8) is 0 Å². The van der Waals surface area contributed by atoms with Crippen molar-refractivity contribution in [3.05, 3.63) is 64.4 Å². The summed E-state index contributed by atoms with van der Waals surface area (Å²) in [6.45, 7) is 3.58. The normalized spacial score (nSPS) is 15.5. The van der Waals surface area contributed by atoms with Gasteiger partial charge in [0.2, 0.25) is 0 Å². The highest BCUT2D eigenvalue weighted by Gasteiger charge is 2.12. The van der Waals surface area contributed by atoms with E-state index in [0.29, 0.717) is 21.9 Å². The van der Waals surface area contributed by atoms with E-state index < -0.39 is 0 Å². The van der Waals surface area contributed by atoms with Crippen molar-refractivity contribution in [2.24, 2.45) is 10.2 Å². The minimum Gasteiger partial charge on any atom is -0.289 e. The molecule has 0 bridgehead atoms. The van der Waals surface area contributed by atoms with Crippen LogP contribution in [0, 0.1) is 0 Å². The molecule has 0 spiro atoms. The van der Waals surface area contributed by atoms with E-state index in [1.807, 2.05) is 12.1 Å². The first kappa shape index (κ1) is 13.4. The fourth-order valence-corrected chi connectivity index (χ4v) is 1.92. The summed E-state index contributed by atoms with van der Waals surface area (Å²) >= 11 is 5.97. The predicted molar refractivity (Wildman–Crippen MR) is 76.6 cm³/mol. The van der Waals surface area contributed by atoms with Crippen molar-refractivity contribution in [2.45, 2.75) is 13.8 Å². The number of halogens is 1. The van der Waals surface area contributed by atoms with Gasteiger partial charge in [0.25, 0.3) is 0 Å². The lowest BCUT2D eigenvalue weighted by molar-refractivity contribution is -0.112. The Morgan fingerprint density at radius 3 is 2.37 bits per heavy atom. The largest absolute Gasteiger partial charge is 0.289 e. The summed E-state index contributed by atoms with van der Waals surface area (Å²) in [4.78, 5) is 11.6. The van der Waals surface area contributed by atoms with Gasteiger partial charge in [0.15, 0.2) is 5.78 Å². The minimum atomic E-state index is 0.0696. The number of nitrogens with zero attached hydrogens (tertiary/aromatic N) is 2. The molecule has 0 saturated heterocycles. The Morgan fingerprint density at radius 1 is 1.11 bits per heavy atom. The van der Waals surface area contributed by atoms with E-state index in [2.05, 4.69) is 10.2 Å². The van der Waals surface area contributed by atoms with Crippen LogP contribution < -0.4 is 0 Å². The number of hydrogen-bond donors (Lipinski definition) is 0. The first-order valence-electron chi connectivity index (χ1n) is 5.85. The first-order chi connectivity index (χ1) is 9.08. The van der Waals surface area contributed by atoms with Gasteiger partial charge in [-0.05, 0) is 54.9 Å². The van der Waals surface area contributed by atoms with Crippen LogP contribution in [0.15, 0.2) is 69.6 Å². The van der Waals surface area contributed by atoms with Crippen LogP contribution in [0.3, 0.4) is 0 Å². The molecule has 0 aromatic heterocycles. The lowest BCUT2D eigenvalue weighted by Gasteiger charge is -2.08. The zero-order chi connectivity index (χ0) is 13.8. The molecule has 1 aliphatic rings. The number of hydrogen-bond acceptors (Lipinski definition) is 3. The zero-order valence-corrected chi connectivity index (χ0v) is 11.5. The molecular weight excluding hydrogens is 260 g/mol. The number of ketones is 1. The van der Waals surface area contributed by atoms with Gasteiger partial charge in [-0.1, -0.05) is 23.7 Å². The van der Waals surface area contributed by atoms with Crippen LogP contribution in [0.5, 0.6) is 0 Å². The van der Waals surface area contributed by atoms with E-state index in [1.54, 1.807) is 44.3 Å². The summed E-state index contributed by atoms with van der Waals surface area (Å²) in [6.07, 6.45) is 5.20. The monoisotopic (exact) mass is 272 g/mol. The Labute approximate surface area is 117 Å². The molecule has 0 amide bonds. The lowest BCUT2D eigenvalue weighted by Crippen LogP contribution is -2.05. The molecule has 0 radical (unpaired) electrons. The van der Waals surface area contributed by atoms with Gasteiger partial charge in [-0.2, -0.15) is 5.11 Å².